The van der Waals surface area contributed by atoms with E-state index in [1.807, 2.05) is 0 Å². The number of nitrogens with two attached hydrogens (primary N) is 1. The fourth-order valence-corrected chi connectivity index (χ4v) is 5.03. The van der Waals surface area contributed by atoms with Crippen LogP contribution in [0.3, 0.4) is 0 Å². The average molecular weight is 498 g/mol. The molecular weight excluding hydrogens is 474 g/mol. The van der Waals surface area contributed by atoms with Gasteiger partial charge in [-0.15, -0.1) is 11.3 Å². The number of anilines is 1. The Labute approximate surface area is 194 Å². The highest BCUT2D eigenvalue weighted by Crippen LogP contribution is 2.32. The zero-order chi connectivity index (χ0) is 24.2. The minimum absolute atomic E-state index is 0.111. The first kappa shape index (κ1) is 24.5. The molecule has 0 saturated carbocycles. The number of hydrogen-bond acceptors (Lipinski definition) is 9. The van der Waals surface area contributed by atoms with Gasteiger partial charge < -0.3 is 25.3 Å². The molecule has 0 fully saturated rings. The summed E-state index contributed by atoms with van der Waals surface area (Å²) in [5, 5.41) is 4.23. The molecule has 2 amide bonds. The van der Waals surface area contributed by atoms with Crippen LogP contribution in [0.15, 0.2) is 34.5 Å². The lowest BCUT2D eigenvalue weighted by Gasteiger charge is -2.22. The molecule has 0 radical (unpaired) electrons. The molecule has 11 nitrogen and oxygen atoms in total. The smallest absolute Gasteiger partial charge is 0.324 e. The number of fused-ring (bicyclic) bond motifs is 1. The van der Waals surface area contributed by atoms with Gasteiger partial charge in [-0.05, 0) is 29.5 Å². The topological polar surface area (TPSA) is 163 Å². The number of benzene rings is 1. The van der Waals surface area contributed by atoms with Crippen LogP contribution in [0.5, 0.6) is 11.5 Å². The normalized spacial score (nSPS) is 13.9. The minimum Gasteiger partial charge on any atom is -0.486 e. The second-order valence-corrected chi connectivity index (χ2v) is 9.96. The molecule has 1 aromatic heterocycles. The van der Waals surface area contributed by atoms with Crippen molar-refractivity contribution >= 4 is 44.1 Å². The van der Waals surface area contributed by atoms with E-state index >= 15 is 0 Å². The van der Waals surface area contributed by atoms with E-state index < -0.39 is 46.4 Å². The summed E-state index contributed by atoms with van der Waals surface area (Å²) >= 11 is 1.08. The molecule has 2 aromatic rings. The lowest BCUT2D eigenvalue weighted by Crippen LogP contribution is -2.45. The van der Waals surface area contributed by atoms with Gasteiger partial charge in [-0.1, -0.05) is 13.8 Å². The van der Waals surface area contributed by atoms with Gasteiger partial charge in [0.15, 0.2) is 18.1 Å². The summed E-state index contributed by atoms with van der Waals surface area (Å²) in [5.74, 6) is -2.11. The van der Waals surface area contributed by atoms with Crippen LogP contribution < -0.4 is 25.2 Å². The Morgan fingerprint density at radius 1 is 1.15 bits per heavy atom. The van der Waals surface area contributed by atoms with Crippen molar-refractivity contribution in [2.45, 2.75) is 24.8 Å². The van der Waals surface area contributed by atoms with E-state index in [4.69, 9.17) is 19.9 Å². The zero-order valence-electron chi connectivity index (χ0n) is 17.8. The molecule has 1 aliphatic heterocycles. The number of nitrogens with one attached hydrogen (secondary N) is 2. The Balaban J connectivity index is 1.64. The number of rotatable bonds is 9. The van der Waals surface area contributed by atoms with Gasteiger partial charge in [0.05, 0.1) is 10.5 Å². The fraction of sp³-hybridized carbons (Fsp3) is 0.350. The number of amides is 2. The summed E-state index contributed by atoms with van der Waals surface area (Å²) in [4.78, 5) is 35.9. The van der Waals surface area contributed by atoms with Crippen molar-refractivity contribution in [2.24, 2.45) is 11.7 Å². The summed E-state index contributed by atoms with van der Waals surface area (Å²) in [5.41, 5.74) is 5.36. The number of thiophene rings is 1. The fourth-order valence-electron chi connectivity index (χ4n) is 2.87. The molecule has 3 rings (SSSR count). The van der Waals surface area contributed by atoms with Crippen molar-refractivity contribution in [3.8, 4) is 11.5 Å². The van der Waals surface area contributed by atoms with Crippen LogP contribution in [-0.2, 0) is 24.3 Å². The summed E-state index contributed by atoms with van der Waals surface area (Å²) in [6.07, 6.45) is 0. The SMILES string of the molecule is CC(C)C(NS(=O)(=O)c1ccc2c(c1)OCCO2)C(=O)OCC(=O)Nc1sccc1C(N)=O. The van der Waals surface area contributed by atoms with Crippen molar-refractivity contribution in [3.05, 3.63) is 35.2 Å². The van der Waals surface area contributed by atoms with Gasteiger partial charge >= 0.3 is 5.97 Å². The van der Waals surface area contributed by atoms with E-state index in [9.17, 15) is 22.8 Å². The van der Waals surface area contributed by atoms with Gasteiger partial charge in [0, 0.05) is 6.07 Å². The molecule has 1 atom stereocenters. The second-order valence-electron chi connectivity index (χ2n) is 7.33. The highest BCUT2D eigenvalue weighted by atomic mass is 32.2. The number of carbonyl (C=O) groups is 3. The lowest BCUT2D eigenvalue weighted by atomic mass is 10.1. The third kappa shape index (κ3) is 6.00. The number of sulfonamides is 1. The molecule has 33 heavy (non-hydrogen) atoms. The van der Waals surface area contributed by atoms with Crippen LogP contribution in [0, 0.1) is 5.92 Å². The molecule has 0 spiro atoms. The summed E-state index contributed by atoms with van der Waals surface area (Å²) in [6.45, 7) is 3.23. The van der Waals surface area contributed by atoms with Crippen LogP contribution in [0.25, 0.3) is 0 Å². The Morgan fingerprint density at radius 3 is 2.52 bits per heavy atom. The average Bonchev–Trinajstić information content (AvgIpc) is 3.23. The monoisotopic (exact) mass is 497 g/mol. The van der Waals surface area contributed by atoms with E-state index in [-0.39, 0.29) is 21.2 Å². The molecule has 2 heterocycles. The Bertz CT molecular complexity index is 1160. The van der Waals surface area contributed by atoms with E-state index in [1.165, 1.54) is 24.3 Å². The first-order valence-electron chi connectivity index (χ1n) is 9.84. The van der Waals surface area contributed by atoms with Crippen LogP contribution in [-0.4, -0.2) is 52.1 Å². The molecule has 4 N–H and O–H groups in total. The largest absolute Gasteiger partial charge is 0.486 e. The van der Waals surface area contributed by atoms with E-state index in [0.717, 1.165) is 11.3 Å². The van der Waals surface area contributed by atoms with Gasteiger partial charge in [0.2, 0.25) is 10.0 Å². The lowest BCUT2D eigenvalue weighted by molar-refractivity contribution is -0.150. The third-order valence-corrected chi connectivity index (χ3v) is 6.82. The van der Waals surface area contributed by atoms with Gasteiger partial charge in [-0.25, -0.2) is 8.42 Å². The molecule has 0 aliphatic carbocycles. The standard InChI is InChI=1S/C20H23N3O8S2/c1-11(2)17(20(26)31-10-16(24)22-19-13(18(21)25)5-8-32-19)23-33(27,28)12-3-4-14-15(9-12)30-7-6-29-14/h3-5,8-9,11,17,23H,6-7,10H2,1-2H3,(H2,21,25)(H,22,24). The maximum absolute atomic E-state index is 12.9. The number of primary amides is 1. The number of hydrogen-bond donors (Lipinski definition) is 3. The Kier molecular flexibility index (Phi) is 7.56. The summed E-state index contributed by atoms with van der Waals surface area (Å²) < 4.78 is 43.8. The predicted molar refractivity (Wildman–Crippen MR) is 119 cm³/mol. The molecule has 0 saturated heterocycles. The van der Waals surface area contributed by atoms with E-state index in [2.05, 4.69) is 10.0 Å². The van der Waals surface area contributed by atoms with Crippen molar-refractivity contribution in [2.75, 3.05) is 25.1 Å². The van der Waals surface area contributed by atoms with Crippen molar-refractivity contribution in [3.63, 3.8) is 0 Å². The number of carbonyl (C=O) groups excluding carboxylic acids is 3. The molecule has 1 aliphatic rings. The van der Waals surface area contributed by atoms with Gasteiger partial charge in [-0.3, -0.25) is 14.4 Å². The third-order valence-electron chi connectivity index (χ3n) is 4.56. The molecule has 1 aromatic carbocycles. The van der Waals surface area contributed by atoms with Gasteiger partial charge in [0.1, 0.15) is 24.3 Å². The molecule has 178 valence electrons. The van der Waals surface area contributed by atoms with E-state index in [1.54, 1.807) is 19.2 Å². The molecule has 13 heteroatoms. The van der Waals surface area contributed by atoms with Crippen LogP contribution >= 0.6 is 11.3 Å². The predicted octanol–water partition coefficient (Wildman–Crippen LogP) is 1.10. The van der Waals surface area contributed by atoms with Crippen LogP contribution in [0.4, 0.5) is 5.00 Å². The van der Waals surface area contributed by atoms with Crippen molar-refractivity contribution < 1.29 is 37.0 Å². The Morgan fingerprint density at radius 2 is 1.85 bits per heavy atom. The summed E-state index contributed by atoms with van der Waals surface area (Å²) in [6, 6.07) is 4.32. The number of esters is 1. The van der Waals surface area contributed by atoms with E-state index in [0.29, 0.717) is 19.0 Å². The second kappa shape index (κ2) is 10.2. The van der Waals surface area contributed by atoms with Crippen LogP contribution in [0.1, 0.15) is 24.2 Å². The quantitative estimate of drug-likeness (QED) is 0.434. The van der Waals surface area contributed by atoms with Crippen molar-refractivity contribution in [1.82, 2.24) is 4.72 Å². The number of ether oxygens (including phenoxy) is 3. The summed E-state index contributed by atoms with van der Waals surface area (Å²) in [7, 11) is -4.11. The maximum Gasteiger partial charge on any atom is 0.324 e. The van der Waals surface area contributed by atoms with Crippen molar-refractivity contribution in [1.29, 1.82) is 0 Å². The maximum atomic E-state index is 12.9. The highest BCUT2D eigenvalue weighted by Gasteiger charge is 2.31. The molecular formula is C20H23N3O8S2. The van der Waals surface area contributed by atoms with Gasteiger partial charge in [0.25, 0.3) is 11.8 Å². The van der Waals surface area contributed by atoms with Gasteiger partial charge in [-0.2, -0.15) is 4.72 Å². The highest BCUT2D eigenvalue weighted by molar-refractivity contribution is 7.89. The molecule has 0 bridgehead atoms. The first-order chi connectivity index (χ1) is 15.6. The first-order valence-corrected chi connectivity index (χ1v) is 12.2. The Hall–Kier alpha value is -3.16. The minimum atomic E-state index is -4.11. The zero-order valence-corrected chi connectivity index (χ0v) is 19.5. The van der Waals surface area contributed by atoms with Crippen LogP contribution in [0.2, 0.25) is 0 Å². The molecule has 1 unspecified atom stereocenters.